The summed E-state index contributed by atoms with van der Waals surface area (Å²) in [6.07, 6.45) is 38.1. The van der Waals surface area contributed by atoms with E-state index in [1.807, 2.05) is 0 Å². The number of hydrogen-bond donors (Lipinski definition) is 2. The molecule has 40 heavy (non-hydrogen) atoms. The van der Waals surface area contributed by atoms with Crippen LogP contribution in [-0.4, -0.2) is 53.1 Å². The van der Waals surface area contributed by atoms with Crippen molar-refractivity contribution in [2.75, 3.05) is 26.2 Å². The van der Waals surface area contributed by atoms with Crippen LogP contribution in [0.15, 0.2) is 0 Å². The first kappa shape index (κ1) is 40.2. The van der Waals surface area contributed by atoms with Crippen LogP contribution in [0.5, 0.6) is 0 Å². The maximum atomic E-state index is 10.3. The predicted octanol–water partition coefficient (Wildman–Crippen LogP) is 7.51. The lowest BCUT2D eigenvalue weighted by atomic mass is 10.0. The molecular formula is C36H74ClNO2. The lowest BCUT2D eigenvalue weighted by Gasteiger charge is -2.34. The Hall–Kier alpha value is 0.170. The second kappa shape index (κ2) is 29.3. The molecule has 1 aliphatic rings. The van der Waals surface area contributed by atoms with Gasteiger partial charge in [-0.05, 0) is 25.7 Å². The Morgan fingerprint density at radius 2 is 0.575 bits per heavy atom. The van der Waals surface area contributed by atoms with E-state index >= 15 is 0 Å². The standard InChI is InChI=1S/C36H74NO2.ClH/c1-3-5-7-9-11-13-15-17-19-21-23-25-27-29-31-37(33-35(38)36(39)34-37)32-30-28-26-24-22-20-18-16-14-12-10-8-6-4-2;/h35-36,38-39H,3-34H2,1-2H3;1H/q+1;/p-1. The number of aliphatic hydroxyl groups is 2. The van der Waals surface area contributed by atoms with Gasteiger partial charge in [-0.3, -0.25) is 0 Å². The van der Waals surface area contributed by atoms with E-state index in [9.17, 15) is 10.2 Å². The fourth-order valence-electron chi connectivity index (χ4n) is 6.87. The van der Waals surface area contributed by atoms with E-state index in [-0.39, 0.29) is 12.4 Å². The van der Waals surface area contributed by atoms with Crippen molar-refractivity contribution >= 4 is 0 Å². The normalized spacial score (nSPS) is 18.3. The minimum Gasteiger partial charge on any atom is -1.00 e. The summed E-state index contributed by atoms with van der Waals surface area (Å²) in [5.41, 5.74) is 0. The van der Waals surface area contributed by atoms with Crippen LogP contribution in [0, 0.1) is 0 Å². The van der Waals surface area contributed by atoms with Crippen LogP contribution in [0.3, 0.4) is 0 Å². The van der Waals surface area contributed by atoms with Crippen LogP contribution in [0.1, 0.15) is 194 Å². The first-order valence-corrected chi connectivity index (χ1v) is 18.3. The lowest BCUT2D eigenvalue weighted by Crippen LogP contribution is -3.00. The van der Waals surface area contributed by atoms with Crippen molar-refractivity contribution < 1.29 is 27.1 Å². The molecular weight excluding hydrogens is 514 g/mol. The third kappa shape index (κ3) is 22.7. The van der Waals surface area contributed by atoms with Crippen LogP contribution in [-0.2, 0) is 0 Å². The highest BCUT2D eigenvalue weighted by Crippen LogP contribution is 2.24. The van der Waals surface area contributed by atoms with Crippen LogP contribution in [0.4, 0.5) is 0 Å². The summed E-state index contributed by atoms with van der Waals surface area (Å²) in [5.74, 6) is 0. The number of aliphatic hydroxyl groups excluding tert-OH is 2. The molecule has 1 saturated heterocycles. The Bertz CT molecular complexity index is 459. The molecule has 4 heteroatoms. The molecule has 1 rings (SSSR count). The van der Waals surface area contributed by atoms with Crippen LogP contribution in [0.25, 0.3) is 0 Å². The first-order chi connectivity index (χ1) is 19.1. The molecule has 242 valence electrons. The predicted molar refractivity (Wildman–Crippen MR) is 172 cm³/mol. The minimum absolute atomic E-state index is 0. The SMILES string of the molecule is CCCCCCCCCCCCCCCC[N+]1(CCCCCCCCCCCCCCCC)CC(O)C(O)C1.[Cl-]. The number of likely N-dealkylation sites (tertiary alicyclic amines) is 1. The van der Waals surface area contributed by atoms with Crippen LogP contribution < -0.4 is 12.4 Å². The molecule has 1 heterocycles. The second-order valence-electron chi connectivity index (χ2n) is 13.5. The fraction of sp³-hybridized carbons (Fsp3) is 1.00. The van der Waals surface area contributed by atoms with Gasteiger partial charge in [-0.15, -0.1) is 0 Å². The van der Waals surface area contributed by atoms with E-state index in [0.717, 1.165) is 30.7 Å². The zero-order valence-corrected chi connectivity index (χ0v) is 28.3. The van der Waals surface area contributed by atoms with Gasteiger partial charge in [-0.2, -0.15) is 0 Å². The van der Waals surface area contributed by atoms with Crippen molar-refractivity contribution in [2.45, 2.75) is 206 Å². The van der Waals surface area contributed by atoms with E-state index in [4.69, 9.17) is 0 Å². The third-order valence-electron chi connectivity index (χ3n) is 9.56. The maximum absolute atomic E-state index is 10.3. The number of nitrogens with zero attached hydrogens (tertiary/aromatic N) is 1. The number of unbranched alkanes of at least 4 members (excludes halogenated alkanes) is 26. The van der Waals surface area contributed by atoms with Gasteiger partial charge in [0.15, 0.2) is 0 Å². The summed E-state index contributed by atoms with van der Waals surface area (Å²) in [6.45, 7) is 8.45. The Morgan fingerprint density at radius 1 is 0.375 bits per heavy atom. The zero-order chi connectivity index (χ0) is 28.3. The quantitative estimate of drug-likeness (QED) is 0.0674. The topological polar surface area (TPSA) is 40.5 Å². The van der Waals surface area contributed by atoms with Gasteiger partial charge in [0.25, 0.3) is 0 Å². The average Bonchev–Trinajstić information content (AvgIpc) is 3.21. The highest BCUT2D eigenvalue weighted by molar-refractivity contribution is 4.75. The molecule has 0 aromatic rings. The summed E-state index contributed by atoms with van der Waals surface area (Å²) in [4.78, 5) is 0. The molecule has 2 unspecified atom stereocenters. The van der Waals surface area contributed by atoms with E-state index in [2.05, 4.69) is 13.8 Å². The fourth-order valence-corrected chi connectivity index (χ4v) is 6.87. The first-order valence-electron chi connectivity index (χ1n) is 18.3. The van der Waals surface area contributed by atoms with Crippen molar-refractivity contribution in [3.8, 4) is 0 Å². The van der Waals surface area contributed by atoms with Crippen molar-refractivity contribution in [2.24, 2.45) is 0 Å². The van der Waals surface area contributed by atoms with Crippen molar-refractivity contribution in [3.63, 3.8) is 0 Å². The molecule has 0 radical (unpaired) electrons. The molecule has 0 spiro atoms. The van der Waals surface area contributed by atoms with Gasteiger partial charge in [-0.25, -0.2) is 0 Å². The monoisotopic (exact) mass is 588 g/mol. The molecule has 0 amide bonds. The number of halogens is 1. The lowest BCUT2D eigenvalue weighted by molar-refractivity contribution is -0.919. The number of rotatable bonds is 30. The van der Waals surface area contributed by atoms with Crippen molar-refractivity contribution in [1.29, 1.82) is 0 Å². The molecule has 2 N–H and O–H groups in total. The van der Waals surface area contributed by atoms with Gasteiger partial charge in [0.05, 0.1) is 13.1 Å². The van der Waals surface area contributed by atoms with Gasteiger partial charge in [0.2, 0.25) is 0 Å². The van der Waals surface area contributed by atoms with E-state index in [0.29, 0.717) is 0 Å². The zero-order valence-electron chi connectivity index (χ0n) is 27.5. The van der Waals surface area contributed by atoms with Crippen LogP contribution >= 0.6 is 0 Å². The summed E-state index contributed by atoms with van der Waals surface area (Å²) >= 11 is 0. The van der Waals surface area contributed by atoms with Gasteiger partial charge in [0, 0.05) is 0 Å². The Morgan fingerprint density at radius 3 is 0.800 bits per heavy atom. The molecule has 1 aliphatic heterocycles. The average molecular weight is 588 g/mol. The molecule has 3 nitrogen and oxygen atoms in total. The smallest absolute Gasteiger partial charge is 0.134 e. The van der Waals surface area contributed by atoms with E-state index < -0.39 is 12.2 Å². The molecule has 0 aromatic heterocycles. The maximum Gasteiger partial charge on any atom is 0.134 e. The Kier molecular flexibility index (Phi) is 29.4. The number of hydrogen-bond acceptors (Lipinski definition) is 2. The molecule has 0 bridgehead atoms. The van der Waals surface area contributed by atoms with Gasteiger partial charge in [0.1, 0.15) is 25.3 Å². The summed E-state index contributed by atoms with van der Waals surface area (Å²) < 4.78 is 0.971. The van der Waals surface area contributed by atoms with E-state index in [1.54, 1.807) is 0 Å². The summed E-state index contributed by atoms with van der Waals surface area (Å²) in [7, 11) is 0. The van der Waals surface area contributed by atoms with Crippen molar-refractivity contribution in [3.05, 3.63) is 0 Å². The third-order valence-corrected chi connectivity index (χ3v) is 9.56. The largest absolute Gasteiger partial charge is 1.00 e. The Balaban J connectivity index is 0.0000152. The molecule has 0 aliphatic carbocycles. The van der Waals surface area contributed by atoms with Gasteiger partial charge >= 0.3 is 0 Å². The van der Waals surface area contributed by atoms with E-state index in [1.165, 1.54) is 180 Å². The summed E-state index contributed by atoms with van der Waals surface area (Å²) in [6, 6.07) is 0. The van der Waals surface area contributed by atoms with Gasteiger partial charge in [-0.1, -0.05) is 168 Å². The molecule has 0 saturated carbocycles. The minimum atomic E-state index is -0.511. The molecule has 2 atom stereocenters. The highest BCUT2D eigenvalue weighted by atomic mass is 35.5. The molecule has 1 fully saturated rings. The van der Waals surface area contributed by atoms with Crippen LogP contribution in [0.2, 0.25) is 0 Å². The molecule has 0 aromatic carbocycles. The second-order valence-corrected chi connectivity index (χ2v) is 13.5. The van der Waals surface area contributed by atoms with Crippen molar-refractivity contribution in [1.82, 2.24) is 0 Å². The Labute approximate surface area is 258 Å². The number of quaternary nitrogens is 1. The highest BCUT2D eigenvalue weighted by Gasteiger charge is 2.42. The van der Waals surface area contributed by atoms with Gasteiger partial charge < -0.3 is 27.1 Å². The summed E-state index contributed by atoms with van der Waals surface area (Å²) in [5, 5.41) is 20.6.